The van der Waals surface area contributed by atoms with Gasteiger partial charge in [0, 0.05) is 12.8 Å². The molecule has 0 radical (unpaired) electrons. The van der Waals surface area contributed by atoms with Gasteiger partial charge in [0.15, 0.2) is 9.84 Å². The van der Waals surface area contributed by atoms with Crippen molar-refractivity contribution in [1.82, 2.24) is 0 Å². The van der Waals surface area contributed by atoms with E-state index in [9.17, 15) is 8.42 Å². The van der Waals surface area contributed by atoms with Crippen LogP contribution in [-0.4, -0.2) is 39.2 Å². The van der Waals surface area contributed by atoms with Crippen LogP contribution in [0.2, 0.25) is 0 Å². The molecule has 0 aromatic heterocycles. The van der Waals surface area contributed by atoms with Crippen LogP contribution in [0.25, 0.3) is 0 Å². The van der Waals surface area contributed by atoms with Gasteiger partial charge < -0.3 is 10.5 Å². The second kappa shape index (κ2) is 5.14. The number of rotatable bonds is 2. The van der Waals surface area contributed by atoms with Crippen molar-refractivity contribution < 1.29 is 13.2 Å². The third kappa shape index (κ3) is 3.81. The van der Waals surface area contributed by atoms with Crippen molar-refractivity contribution in [3.05, 3.63) is 0 Å². The average molecular weight is 230 g/mol. The van der Waals surface area contributed by atoms with Gasteiger partial charge in [-0.25, -0.2) is 8.42 Å². The number of nitrogens with two attached hydrogens (primary N) is 1. The Hall–Kier alpha value is 0.160. The van der Waals surface area contributed by atoms with E-state index in [1.807, 2.05) is 0 Å². The Morgan fingerprint density at radius 1 is 1.46 bits per heavy atom. The van der Waals surface area contributed by atoms with Gasteiger partial charge in [0.05, 0.1) is 18.0 Å². The highest BCUT2D eigenvalue weighted by Gasteiger charge is 2.27. The Bertz CT molecular complexity index is 234. The molecular formula is C7H16ClNO3S. The second-order valence-electron chi connectivity index (χ2n) is 3.22. The Morgan fingerprint density at radius 3 is 2.38 bits per heavy atom. The molecule has 1 saturated heterocycles. The molecular weight excluding hydrogens is 214 g/mol. The normalized spacial score (nSPS) is 29.4. The highest BCUT2D eigenvalue weighted by atomic mass is 35.5. The lowest BCUT2D eigenvalue weighted by atomic mass is 10.1. The van der Waals surface area contributed by atoms with Crippen molar-refractivity contribution in [3.63, 3.8) is 0 Å². The van der Waals surface area contributed by atoms with E-state index in [0.29, 0.717) is 19.6 Å². The maximum atomic E-state index is 11.1. The molecule has 2 atom stereocenters. The van der Waals surface area contributed by atoms with Gasteiger partial charge in [-0.1, -0.05) is 0 Å². The number of hydrogen-bond acceptors (Lipinski definition) is 4. The molecule has 0 aliphatic carbocycles. The lowest BCUT2D eigenvalue weighted by Crippen LogP contribution is -2.37. The van der Waals surface area contributed by atoms with Crippen LogP contribution in [0, 0.1) is 0 Å². The number of halogens is 1. The topological polar surface area (TPSA) is 69.4 Å². The van der Waals surface area contributed by atoms with Crippen molar-refractivity contribution >= 4 is 22.2 Å². The van der Waals surface area contributed by atoms with Crippen LogP contribution in [0.5, 0.6) is 0 Å². The minimum atomic E-state index is -2.92. The lowest BCUT2D eigenvalue weighted by molar-refractivity contribution is 0.0244. The third-order valence-electron chi connectivity index (χ3n) is 2.20. The van der Waals surface area contributed by atoms with E-state index < -0.39 is 9.84 Å². The van der Waals surface area contributed by atoms with Crippen molar-refractivity contribution in [2.45, 2.75) is 24.2 Å². The van der Waals surface area contributed by atoms with Gasteiger partial charge in [-0.05, 0) is 12.8 Å². The molecule has 1 aliphatic heterocycles. The fraction of sp³-hybridized carbons (Fsp3) is 1.00. The van der Waals surface area contributed by atoms with E-state index >= 15 is 0 Å². The standard InChI is InChI=1S/C7H15NO3S.ClH/c1-12(9,10)7-3-2-6(4-8)11-5-7;/h6-7H,2-5,8H2,1H3;1H. The van der Waals surface area contributed by atoms with E-state index in [0.717, 1.165) is 6.42 Å². The van der Waals surface area contributed by atoms with Crippen molar-refractivity contribution in [2.75, 3.05) is 19.4 Å². The predicted octanol–water partition coefficient (Wildman–Crippen LogP) is -0.0409. The molecule has 1 rings (SSSR count). The molecule has 0 amide bonds. The Balaban J connectivity index is 0.00000144. The number of sulfone groups is 1. The number of ether oxygens (including phenoxy) is 1. The molecule has 2 N–H and O–H groups in total. The van der Waals surface area contributed by atoms with E-state index in [1.54, 1.807) is 0 Å². The molecule has 4 nitrogen and oxygen atoms in total. The van der Waals surface area contributed by atoms with Crippen LogP contribution in [0.3, 0.4) is 0 Å². The first-order valence-corrected chi connectivity index (χ1v) is 6.00. The predicted molar refractivity (Wildman–Crippen MR) is 53.9 cm³/mol. The van der Waals surface area contributed by atoms with E-state index in [4.69, 9.17) is 10.5 Å². The highest BCUT2D eigenvalue weighted by molar-refractivity contribution is 7.91. The van der Waals surface area contributed by atoms with Gasteiger partial charge in [0.1, 0.15) is 0 Å². The van der Waals surface area contributed by atoms with E-state index in [1.165, 1.54) is 6.26 Å². The fourth-order valence-electron chi connectivity index (χ4n) is 1.31. The van der Waals surface area contributed by atoms with Crippen LogP contribution in [0.4, 0.5) is 0 Å². The summed E-state index contributed by atoms with van der Waals surface area (Å²) in [6, 6.07) is 0. The first-order valence-electron chi connectivity index (χ1n) is 4.04. The summed E-state index contributed by atoms with van der Waals surface area (Å²) in [6.07, 6.45) is 2.75. The van der Waals surface area contributed by atoms with Crippen molar-refractivity contribution in [2.24, 2.45) is 5.73 Å². The van der Waals surface area contributed by atoms with E-state index in [2.05, 4.69) is 0 Å². The van der Waals surface area contributed by atoms with E-state index in [-0.39, 0.29) is 23.8 Å². The molecule has 0 spiro atoms. The monoisotopic (exact) mass is 229 g/mol. The zero-order valence-corrected chi connectivity index (χ0v) is 9.23. The van der Waals surface area contributed by atoms with Crippen LogP contribution >= 0.6 is 12.4 Å². The van der Waals surface area contributed by atoms with Gasteiger partial charge in [0.2, 0.25) is 0 Å². The minimum absolute atomic E-state index is 0. The largest absolute Gasteiger partial charge is 0.376 e. The van der Waals surface area contributed by atoms with Crippen LogP contribution in [0.1, 0.15) is 12.8 Å². The molecule has 13 heavy (non-hydrogen) atoms. The van der Waals surface area contributed by atoms with Crippen molar-refractivity contribution in [3.8, 4) is 0 Å². The summed E-state index contributed by atoms with van der Waals surface area (Å²) in [6.45, 7) is 0.789. The summed E-state index contributed by atoms with van der Waals surface area (Å²) in [5.74, 6) is 0. The summed E-state index contributed by atoms with van der Waals surface area (Å²) in [7, 11) is -2.92. The highest BCUT2D eigenvalue weighted by Crippen LogP contribution is 2.17. The average Bonchev–Trinajstić information content (AvgIpc) is 2.03. The SMILES string of the molecule is CS(=O)(=O)C1CCC(CN)OC1.Cl. The molecule has 1 aliphatic rings. The van der Waals surface area contributed by atoms with Gasteiger partial charge in [-0.15, -0.1) is 12.4 Å². The molecule has 6 heteroatoms. The fourth-order valence-corrected chi connectivity index (χ4v) is 2.20. The van der Waals surface area contributed by atoms with Gasteiger partial charge >= 0.3 is 0 Å². The number of hydrogen-bond donors (Lipinski definition) is 1. The molecule has 2 unspecified atom stereocenters. The van der Waals surface area contributed by atoms with Gasteiger partial charge in [0.25, 0.3) is 0 Å². The van der Waals surface area contributed by atoms with Gasteiger partial charge in [-0.3, -0.25) is 0 Å². The van der Waals surface area contributed by atoms with Crippen LogP contribution < -0.4 is 5.73 Å². The third-order valence-corrected chi connectivity index (χ3v) is 3.78. The Kier molecular flexibility index (Phi) is 5.21. The summed E-state index contributed by atoms with van der Waals surface area (Å²) >= 11 is 0. The maximum Gasteiger partial charge on any atom is 0.152 e. The maximum absolute atomic E-state index is 11.1. The smallest absolute Gasteiger partial charge is 0.152 e. The Morgan fingerprint density at radius 2 is 2.08 bits per heavy atom. The van der Waals surface area contributed by atoms with Crippen LogP contribution in [-0.2, 0) is 14.6 Å². The Labute approximate surface area is 85.2 Å². The minimum Gasteiger partial charge on any atom is -0.376 e. The molecule has 0 aromatic carbocycles. The molecule has 0 saturated carbocycles. The summed E-state index contributed by atoms with van der Waals surface area (Å²) in [4.78, 5) is 0. The zero-order valence-electron chi connectivity index (χ0n) is 7.60. The first kappa shape index (κ1) is 13.2. The second-order valence-corrected chi connectivity index (χ2v) is 5.55. The molecule has 1 heterocycles. The summed E-state index contributed by atoms with van der Waals surface area (Å²) in [5.41, 5.74) is 5.38. The molecule has 80 valence electrons. The zero-order chi connectivity index (χ0) is 9.19. The summed E-state index contributed by atoms with van der Waals surface area (Å²) < 4.78 is 27.4. The molecule has 1 fully saturated rings. The molecule has 0 aromatic rings. The first-order chi connectivity index (χ1) is 5.54. The lowest BCUT2D eigenvalue weighted by Gasteiger charge is -2.26. The van der Waals surface area contributed by atoms with Gasteiger partial charge in [-0.2, -0.15) is 0 Å². The van der Waals surface area contributed by atoms with Crippen LogP contribution in [0.15, 0.2) is 0 Å². The quantitative estimate of drug-likeness (QED) is 0.722. The van der Waals surface area contributed by atoms with Crippen molar-refractivity contribution in [1.29, 1.82) is 0 Å². The molecule has 0 bridgehead atoms. The summed E-state index contributed by atoms with van der Waals surface area (Å²) in [5, 5.41) is -0.319.